The minimum atomic E-state index is -0.587. The van der Waals surface area contributed by atoms with Crippen LogP contribution < -0.4 is 10.6 Å². The van der Waals surface area contributed by atoms with Crippen molar-refractivity contribution in [3.63, 3.8) is 0 Å². The molecule has 0 amide bonds. The van der Waals surface area contributed by atoms with E-state index in [1.807, 2.05) is 23.0 Å². The lowest BCUT2D eigenvalue weighted by Crippen LogP contribution is -2.34. The first-order chi connectivity index (χ1) is 21.3. The van der Waals surface area contributed by atoms with Gasteiger partial charge >= 0.3 is 0 Å². The van der Waals surface area contributed by atoms with Crippen LogP contribution in [0.15, 0.2) is 67.0 Å². The van der Waals surface area contributed by atoms with Gasteiger partial charge in [0.25, 0.3) is 0 Å². The van der Waals surface area contributed by atoms with E-state index in [9.17, 15) is 9.65 Å². The Morgan fingerprint density at radius 2 is 1.80 bits per heavy atom. The quantitative estimate of drug-likeness (QED) is 0.180. The van der Waals surface area contributed by atoms with Crippen LogP contribution in [-0.4, -0.2) is 44.5 Å². The van der Waals surface area contributed by atoms with Crippen LogP contribution in [0, 0.1) is 23.0 Å². The molecule has 1 fully saturated rings. The van der Waals surface area contributed by atoms with Crippen LogP contribution in [0.1, 0.15) is 48.7 Å². The lowest BCUT2D eigenvalue weighted by Gasteiger charge is -2.30. The molecule has 3 heterocycles. The number of rotatable bonds is 8. The van der Waals surface area contributed by atoms with E-state index in [1.54, 1.807) is 18.2 Å². The number of pyridine rings is 1. The Bertz CT molecular complexity index is 1850. The fourth-order valence-corrected chi connectivity index (χ4v) is 5.84. The Hall–Kier alpha value is -4.30. The molecule has 0 saturated carbocycles. The third-order valence-corrected chi connectivity index (χ3v) is 8.49. The van der Waals surface area contributed by atoms with Crippen molar-refractivity contribution in [3.8, 4) is 6.07 Å². The molecule has 44 heavy (non-hydrogen) atoms. The van der Waals surface area contributed by atoms with Crippen molar-refractivity contribution in [3.05, 3.63) is 105 Å². The number of halogens is 4. The average Bonchev–Trinajstić information content (AvgIpc) is 3.52. The van der Waals surface area contributed by atoms with Gasteiger partial charge in [-0.05, 0) is 67.4 Å². The molecule has 1 saturated heterocycles. The molecule has 6 rings (SSSR count). The molecule has 0 spiro atoms. The zero-order chi connectivity index (χ0) is 30.8. The summed E-state index contributed by atoms with van der Waals surface area (Å²) in [5.41, 5.74) is 2.94. The number of hydrogen-bond donors (Lipinski definition) is 2. The number of nitriles is 1. The van der Waals surface area contributed by atoms with E-state index in [0.717, 1.165) is 38.0 Å². The minimum absolute atomic E-state index is 0.0673. The van der Waals surface area contributed by atoms with Gasteiger partial charge in [-0.1, -0.05) is 47.5 Å². The van der Waals surface area contributed by atoms with Crippen LogP contribution in [0.25, 0.3) is 10.9 Å². The van der Waals surface area contributed by atoms with E-state index in [2.05, 4.69) is 43.8 Å². The van der Waals surface area contributed by atoms with Crippen molar-refractivity contribution >= 4 is 51.2 Å². The summed E-state index contributed by atoms with van der Waals surface area (Å²) in [6.07, 6.45) is 5.20. The minimum Gasteiger partial charge on any atom is -0.373 e. The molecule has 2 aromatic heterocycles. The molecule has 1 aliphatic rings. The van der Waals surface area contributed by atoms with Gasteiger partial charge in [-0.25, -0.2) is 13.5 Å². The number of fused-ring (bicyclic) bond motifs is 1. The molecule has 5 aromatic rings. The van der Waals surface area contributed by atoms with E-state index < -0.39 is 17.7 Å². The van der Waals surface area contributed by atoms with Gasteiger partial charge in [-0.3, -0.25) is 4.98 Å². The third-order valence-electron chi connectivity index (χ3n) is 7.95. The number of likely N-dealkylation sites (tertiary alicyclic amines) is 1. The first-order valence-electron chi connectivity index (χ1n) is 14.2. The normalized spacial score (nSPS) is 14.8. The molecule has 0 unspecified atom stereocenters. The molecule has 0 bridgehead atoms. The molecule has 3 aromatic carbocycles. The summed E-state index contributed by atoms with van der Waals surface area (Å²) >= 11 is 12.2. The first kappa shape index (κ1) is 29.8. The second-order valence-corrected chi connectivity index (χ2v) is 11.5. The van der Waals surface area contributed by atoms with Crippen molar-refractivity contribution in [2.45, 2.75) is 31.8 Å². The second kappa shape index (κ2) is 12.7. The largest absolute Gasteiger partial charge is 0.373 e. The Kier molecular flexibility index (Phi) is 8.62. The zero-order valence-corrected chi connectivity index (χ0v) is 25.2. The summed E-state index contributed by atoms with van der Waals surface area (Å²) in [4.78, 5) is 6.62. The second-order valence-electron chi connectivity index (χ2n) is 10.7. The smallest absolute Gasteiger partial charge is 0.151 e. The highest BCUT2D eigenvalue weighted by Crippen LogP contribution is 2.35. The van der Waals surface area contributed by atoms with Crippen LogP contribution in [0.2, 0.25) is 10.0 Å². The third kappa shape index (κ3) is 6.17. The van der Waals surface area contributed by atoms with Gasteiger partial charge in [0.15, 0.2) is 5.82 Å². The standard InChI is InChI=1S/C32H28Cl2F2N8/c1-2-43-11-9-24(10-12-43)44-18-29(41-42-44)31(19-3-5-21(33)6-4-19)40-23-13-25-30(39-22-7-8-27(35)26(34)14-22)20(16-37)17-38-32(25)28(36)15-23/h3-8,13-15,17-18,24,31,40H,2,9-12H2,1H3,(H,38,39)/t31-/m0/s1. The van der Waals surface area contributed by atoms with Gasteiger partial charge in [0, 0.05) is 41.1 Å². The van der Waals surface area contributed by atoms with Crippen molar-refractivity contribution in [1.29, 1.82) is 5.26 Å². The molecule has 2 N–H and O–H groups in total. The van der Waals surface area contributed by atoms with E-state index in [0.29, 0.717) is 33.2 Å². The summed E-state index contributed by atoms with van der Waals surface area (Å²) < 4.78 is 31.3. The maximum absolute atomic E-state index is 15.6. The lowest BCUT2D eigenvalue weighted by atomic mass is 10.0. The Labute approximate surface area is 263 Å². The predicted molar refractivity (Wildman–Crippen MR) is 168 cm³/mol. The van der Waals surface area contributed by atoms with E-state index >= 15 is 4.39 Å². The van der Waals surface area contributed by atoms with Crippen molar-refractivity contribution in [2.24, 2.45) is 0 Å². The van der Waals surface area contributed by atoms with Crippen LogP contribution in [0.5, 0.6) is 0 Å². The van der Waals surface area contributed by atoms with Crippen LogP contribution >= 0.6 is 23.2 Å². The van der Waals surface area contributed by atoms with Gasteiger partial charge in [-0.2, -0.15) is 5.26 Å². The number of aromatic nitrogens is 4. The van der Waals surface area contributed by atoms with Crippen molar-refractivity contribution in [1.82, 2.24) is 24.9 Å². The molecule has 224 valence electrons. The number of nitrogens with zero attached hydrogens (tertiary/aromatic N) is 6. The number of benzene rings is 3. The highest BCUT2D eigenvalue weighted by atomic mass is 35.5. The van der Waals surface area contributed by atoms with E-state index in [4.69, 9.17) is 23.2 Å². The van der Waals surface area contributed by atoms with Gasteiger partial charge < -0.3 is 15.5 Å². The number of hydrogen-bond acceptors (Lipinski definition) is 7. The van der Waals surface area contributed by atoms with Gasteiger partial charge in [-0.15, -0.1) is 5.10 Å². The number of nitrogens with one attached hydrogen (secondary N) is 2. The zero-order valence-electron chi connectivity index (χ0n) is 23.7. The lowest BCUT2D eigenvalue weighted by molar-refractivity contribution is 0.186. The van der Waals surface area contributed by atoms with E-state index in [1.165, 1.54) is 30.5 Å². The summed E-state index contributed by atoms with van der Waals surface area (Å²) in [5, 5.41) is 26.2. The van der Waals surface area contributed by atoms with Crippen molar-refractivity contribution in [2.75, 3.05) is 30.3 Å². The summed E-state index contributed by atoms with van der Waals surface area (Å²) in [5.74, 6) is -1.16. The molecule has 1 aliphatic heterocycles. The highest BCUT2D eigenvalue weighted by molar-refractivity contribution is 6.31. The highest BCUT2D eigenvalue weighted by Gasteiger charge is 2.24. The molecule has 1 atom stereocenters. The van der Waals surface area contributed by atoms with Crippen LogP contribution in [0.4, 0.5) is 25.8 Å². The molecule has 0 aliphatic carbocycles. The maximum Gasteiger partial charge on any atom is 0.151 e. The number of piperidine rings is 1. The monoisotopic (exact) mass is 632 g/mol. The van der Waals surface area contributed by atoms with Crippen molar-refractivity contribution < 1.29 is 8.78 Å². The fourth-order valence-electron chi connectivity index (χ4n) is 5.53. The molecule has 0 radical (unpaired) electrons. The maximum atomic E-state index is 15.6. The summed E-state index contributed by atoms with van der Waals surface area (Å²) in [7, 11) is 0. The Morgan fingerprint density at radius 1 is 1.02 bits per heavy atom. The average molecular weight is 634 g/mol. The summed E-state index contributed by atoms with van der Waals surface area (Å²) in [6.45, 7) is 5.20. The first-order valence-corrected chi connectivity index (χ1v) is 15.0. The van der Waals surface area contributed by atoms with Gasteiger partial charge in [0.05, 0.1) is 34.6 Å². The van der Waals surface area contributed by atoms with Crippen LogP contribution in [-0.2, 0) is 0 Å². The number of anilines is 3. The topological polar surface area (TPSA) is 94.7 Å². The SMILES string of the molecule is CCN1CCC(n2cc([C@@H](Nc3cc(F)c4ncc(C#N)c(Nc5ccc(F)c(Cl)c5)c4c3)c3ccc(Cl)cc3)nn2)CC1. The van der Waals surface area contributed by atoms with Gasteiger partial charge in [0.2, 0.25) is 0 Å². The van der Waals surface area contributed by atoms with E-state index in [-0.39, 0.29) is 22.1 Å². The molecule has 8 nitrogen and oxygen atoms in total. The molecular formula is C32H28Cl2F2N8. The van der Waals surface area contributed by atoms with Gasteiger partial charge in [0.1, 0.15) is 23.1 Å². The Morgan fingerprint density at radius 3 is 2.50 bits per heavy atom. The predicted octanol–water partition coefficient (Wildman–Crippen LogP) is 7.88. The fraction of sp³-hybridized carbons (Fsp3) is 0.250. The summed E-state index contributed by atoms with van der Waals surface area (Å²) in [6, 6.07) is 16.4. The molecular weight excluding hydrogens is 605 g/mol. The van der Waals surface area contributed by atoms with Crippen LogP contribution in [0.3, 0.4) is 0 Å². The molecule has 12 heteroatoms. The Balaban J connectivity index is 1.38.